The van der Waals surface area contributed by atoms with Crippen LogP contribution in [0.3, 0.4) is 0 Å². The number of primary amides is 1. The summed E-state index contributed by atoms with van der Waals surface area (Å²) in [6.45, 7) is 0. The summed E-state index contributed by atoms with van der Waals surface area (Å²) in [6.07, 6.45) is 6.67. The largest absolute Gasteiger partial charge is 0.375 e. The van der Waals surface area contributed by atoms with Gasteiger partial charge in [-0.2, -0.15) is 0 Å². The van der Waals surface area contributed by atoms with Gasteiger partial charge in [-0.25, -0.2) is 0 Å². The summed E-state index contributed by atoms with van der Waals surface area (Å²) in [5, 5.41) is 10.7. The van der Waals surface area contributed by atoms with Crippen molar-refractivity contribution in [3.8, 4) is 0 Å². The number of aliphatic hydroxyl groups is 1. The molecule has 0 fully saturated rings. The van der Waals surface area contributed by atoms with Gasteiger partial charge in [0.25, 0.3) is 5.91 Å². The van der Waals surface area contributed by atoms with Gasteiger partial charge in [0, 0.05) is 5.92 Å². The molecule has 17 heavy (non-hydrogen) atoms. The Balaban J connectivity index is 2.42. The first-order valence-electron chi connectivity index (χ1n) is 5.90. The number of carbonyl (C=O) groups excluding carboxylic acids is 1. The third-order valence-corrected chi connectivity index (χ3v) is 3.38. The third kappa shape index (κ3) is 2.11. The van der Waals surface area contributed by atoms with Gasteiger partial charge in [0.15, 0.2) is 5.60 Å². The van der Waals surface area contributed by atoms with Crippen molar-refractivity contribution >= 4 is 5.91 Å². The Hall–Kier alpha value is -1.61. The van der Waals surface area contributed by atoms with Gasteiger partial charge in [0.1, 0.15) is 0 Å². The van der Waals surface area contributed by atoms with Crippen molar-refractivity contribution in [2.24, 2.45) is 11.7 Å². The van der Waals surface area contributed by atoms with Gasteiger partial charge in [-0.15, -0.1) is 0 Å². The highest BCUT2D eigenvalue weighted by molar-refractivity contribution is 5.85. The van der Waals surface area contributed by atoms with Gasteiger partial charge in [-0.1, -0.05) is 42.5 Å². The lowest BCUT2D eigenvalue weighted by Crippen LogP contribution is -2.47. The predicted octanol–water partition coefficient (Wildman–Crippen LogP) is 1.72. The summed E-state index contributed by atoms with van der Waals surface area (Å²) in [4.78, 5) is 11.7. The molecule has 0 saturated heterocycles. The molecule has 0 bridgehead atoms. The van der Waals surface area contributed by atoms with E-state index >= 15 is 0 Å². The monoisotopic (exact) mass is 231 g/mol. The molecular weight excluding hydrogens is 214 g/mol. The number of hydrogen-bond donors (Lipinski definition) is 2. The molecular formula is C14H17NO2. The van der Waals surface area contributed by atoms with Gasteiger partial charge in [-0.05, 0) is 24.8 Å². The second kappa shape index (κ2) is 4.72. The number of benzene rings is 1. The van der Waals surface area contributed by atoms with Crippen molar-refractivity contribution in [2.45, 2.75) is 24.9 Å². The summed E-state index contributed by atoms with van der Waals surface area (Å²) in [7, 11) is 0. The molecule has 1 aromatic carbocycles. The first-order chi connectivity index (χ1) is 8.15. The molecule has 0 saturated carbocycles. The molecule has 1 aliphatic carbocycles. The molecule has 3 N–H and O–H groups in total. The summed E-state index contributed by atoms with van der Waals surface area (Å²) >= 11 is 0. The minimum atomic E-state index is -1.59. The van der Waals surface area contributed by atoms with E-state index in [9.17, 15) is 9.90 Å². The maximum absolute atomic E-state index is 11.7. The van der Waals surface area contributed by atoms with E-state index in [4.69, 9.17) is 5.73 Å². The average molecular weight is 231 g/mol. The number of allylic oxidation sites excluding steroid dienone is 1. The van der Waals surface area contributed by atoms with Crippen LogP contribution in [0.15, 0.2) is 42.5 Å². The van der Waals surface area contributed by atoms with E-state index in [0.717, 1.165) is 19.3 Å². The van der Waals surface area contributed by atoms with E-state index in [1.54, 1.807) is 24.3 Å². The van der Waals surface area contributed by atoms with Crippen LogP contribution in [0.5, 0.6) is 0 Å². The van der Waals surface area contributed by atoms with E-state index in [2.05, 4.69) is 0 Å². The molecule has 0 spiro atoms. The van der Waals surface area contributed by atoms with Crippen LogP contribution >= 0.6 is 0 Å². The number of hydrogen-bond acceptors (Lipinski definition) is 2. The molecule has 1 aliphatic rings. The molecule has 3 heteroatoms. The van der Waals surface area contributed by atoms with E-state index in [1.807, 2.05) is 18.2 Å². The first-order valence-corrected chi connectivity index (χ1v) is 5.90. The van der Waals surface area contributed by atoms with Gasteiger partial charge < -0.3 is 10.8 Å². The summed E-state index contributed by atoms with van der Waals surface area (Å²) in [5.74, 6) is -0.906. The smallest absolute Gasteiger partial charge is 0.254 e. The lowest BCUT2D eigenvalue weighted by molar-refractivity contribution is -0.142. The Labute approximate surface area is 101 Å². The molecule has 0 aromatic heterocycles. The van der Waals surface area contributed by atoms with E-state index in [-0.39, 0.29) is 5.92 Å². The molecule has 2 unspecified atom stereocenters. The Morgan fingerprint density at radius 2 is 2.06 bits per heavy atom. The van der Waals surface area contributed by atoms with Crippen LogP contribution in [0.25, 0.3) is 0 Å². The van der Waals surface area contributed by atoms with Crippen LogP contribution < -0.4 is 5.73 Å². The fourth-order valence-electron chi connectivity index (χ4n) is 2.39. The number of carbonyl (C=O) groups is 1. The predicted molar refractivity (Wildman–Crippen MR) is 66.0 cm³/mol. The zero-order chi connectivity index (χ0) is 12.3. The maximum Gasteiger partial charge on any atom is 0.254 e. The van der Waals surface area contributed by atoms with Gasteiger partial charge in [0.2, 0.25) is 0 Å². The fraction of sp³-hybridized carbons (Fsp3) is 0.357. The molecule has 90 valence electrons. The SMILES string of the molecule is NC(=O)C(O)(c1ccccc1)C1C=CCCC1. The molecule has 0 radical (unpaired) electrons. The Bertz CT molecular complexity index is 427. The van der Waals surface area contributed by atoms with Crippen molar-refractivity contribution in [3.05, 3.63) is 48.0 Å². The summed E-state index contributed by atoms with van der Waals surface area (Å²) in [5.41, 5.74) is 4.40. The van der Waals surface area contributed by atoms with Crippen LogP contribution in [-0.4, -0.2) is 11.0 Å². The highest BCUT2D eigenvalue weighted by atomic mass is 16.3. The molecule has 1 aromatic rings. The fourth-order valence-corrected chi connectivity index (χ4v) is 2.39. The molecule has 0 heterocycles. The quantitative estimate of drug-likeness (QED) is 0.778. The lowest BCUT2D eigenvalue weighted by Gasteiger charge is -2.33. The summed E-state index contributed by atoms with van der Waals surface area (Å²) in [6, 6.07) is 8.94. The highest BCUT2D eigenvalue weighted by Crippen LogP contribution is 2.36. The Kier molecular flexibility index (Phi) is 3.29. The number of amides is 1. The van der Waals surface area contributed by atoms with Crippen LogP contribution in [0, 0.1) is 5.92 Å². The third-order valence-electron chi connectivity index (χ3n) is 3.38. The van der Waals surface area contributed by atoms with Crippen LogP contribution in [0.1, 0.15) is 24.8 Å². The van der Waals surface area contributed by atoms with Crippen molar-refractivity contribution in [1.29, 1.82) is 0 Å². The van der Waals surface area contributed by atoms with Crippen LogP contribution in [0.2, 0.25) is 0 Å². The van der Waals surface area contributed by atoms with E-state index in [0.29, 0.717) is 5.56 Å². The second-order valence-corrected chi connectivity index (χ2v) is 4.46. The van der Waals surface area contributed by atoms with Gasteiger partial charge in [-0.3, -0.25) is 4.79 Å². The second-order valence-electron chi connectivity index (χ2n) is 4.46. The molecule has 3 nitrogen and oxygen atoms in total. The molecule has 2 rings (SSSR count). The van der Waals surface area contributed by atoms with Gasteiger partial charge >= 0.3 is 0 Å². The van der Waals surface area contributed by atoms with Crippen LogP contribution in [-0.2, 0) is 10.4 Å². The van der Waals surface area contributed by atoms with Crippen LogP contribution in [0.4, 0.5) is 0 Å². The zero-order valence-electron chi connectivity index (χ0n) is 9.67. The lowest BCUT2D eigenvalue weighted by atomic mass is 9.76. The van der Waals surface area contributed by atoms with Crippen molar-refractivity contribution < 1.29 is 9.90 Å². The van der Waals surface area contributed by atoms with Gasteiger partial charge in [0.05, 0.1) is 0 Å². The van der Waals surface area contributed by atoms with Crippen molar-refractivity contribution in [1.82, 2.24) is 0 Å². The van der Waals surface area contributed by atoms with E-state index in [1.165, 1.54) is 0 Å². The molecule has 2 atom stereocenters. The first kappa shape index (κ1) is 11.9. The van der Waals surface area contributed by atoms with Crippen molar-refractivity contribution in [3.63, 3.8) is 0 Å². The zero-order valence-corrected chi connectivity index (χ0v) is 9.67. The minimum absolute atomic E-state index is 0.226. The normalized spacial score (nSPS) is 23.0. The Morgan fingerprint density at radius 3 is 2.59 bits per heavy atom. The molecule has 0 aliphatic heterocycles. The summed E-state index contributed by atoms with van der Waals surface area (Å²) < 4.78 is 0. The Morgan fingerprint density at radius 1 is 1.35 bits per heavy atom. The number of nitrogens with two attached hydrogens (primary N) is 1. The molecule has 1 amide bonds. The average Bonchev–Trinajstić information content (AvgIpc) is 2.39. The topological polar surface area (TPSA) is 63.3 Å². The van der Waals surface area contributed by atoms with E-state index < -0.39 is 11.5 Å². The minimum Gasteiger partial charge on any atom is -0.375 e. The van der Waals surface area contributed by atoms with Crippen molar-refractivity contribution in [2.75, 3.05) is 0 Å². The highest BCUT2D eigenvalue weighted by Gasteiger charge is 2.42. The standard InChI is InChI=1S/C14H17NO2/c15-13(16)14(17,11-7-3-1-4-8-11)12-9-5-2-6-10-12/h1,3-5,7-9,12,17H,2,6,10H2,(H2,15,16). The maximum atomic E-state index is 11.7. The number of rotatable bonds is 3.